The van der Waals surface area contributed by atoms with Crippen LogP contribution in [0.15, 0.2) is 53.6 Å². The second-order valence-corrected chi connectivity index (χ2v) is 5.10. The molecule has 0 aliphatic carbocycles. The third-order valence-electron chi connectivity index (χ3n) is 3.17. The highest BCUT2D eigenvalue weighted by Gasteiger charge is 2.04. The van der Waals surface area contributed by atoms with Crippen LogP contribution in [-0.2, 0) is 0 Å². The number of nitrogens with one attached hydrogen (secondary N) is 2. The number of para-hydroxylation sites is 2. The molecule has 0 aliphatic heterocycles. The van der Waals surface area contributed by atoms with Gasteiger partial charge in [0.25, 0.3) is 0 Å². The van der Waals surface area contributed by atoms with Gasteiger partial charge in [0.05, 0.1) is 25.6 Å². The average Bonchev–Trinajstić information content (AvgIpc) is 2.60. The lowest BCUT2D eigenvalue weighted by Crippen LogP contribution is -2.25. The maximum absolute atomic E-state index is 5.27. The molecule has 0 atom stereocenters. The minimum absolute atomic E-state index is 0.386. The van der Waals surface area contributed by atoms with Crippen LogP contribution in [0, 0.1) is 0 Å². The summed E-state index contributed by atoms with van der Waals surface area (Å²) in [6.07, 6.45) is 0. The van der Waals surface area contributed by atoms with Gasteiger partial charge in [-0.3, -0.25) is 5.43 Å². The highest BCUT2D eigenvalue weighted by atomic mass is 32.1. The predicted octanol–water partition coefficient (Wildman–Crippen LogP) is 3.41. The zero-order valence-electron chi connectivity index (χ0n) is 13.3. The highest BCUT2D eigenvalue weighted by Crippen LogP contribution is 2.22. The first-order chi connectivity index (χ1) is 11.1. The van der Waals surface area contributed by atoms with Crippen molar-refractivity contribution in [2.75, 3.05) is 19.5 Å². The van der Waals surface area contributed by atoms with Crippen LogP contribution in [-0.4, -0.2) is 25.0 Å². The van der Waals surface area contributed by atoms with Gasteiger partial charge in [0.2, 0.25) is 0 Å². The number of benzene rings is 2. The van der Waals surface area contributed by atoms with Crippen molar-refractivity contribution in [2.45, 2.75) is 6.92 Å². The van der Waals surface area contributed by atoms with E-state index in [-0.39, 0.29) is 0 Å². The first-order valence-electron chi connectivity index (χ1n) is 7.02. The van der Waals surface area contributed by atoms with Crippen LogP contribution in [0.4, 0.5) is 5.69 Å². The predicted molar refractivity (Wildman–Crippen MR) is 97.6 cm³/mol. The van der Waals surface area contributed by atoms with Crippen LogP contribution in [0.5, 0.6) is 11.5 Å². The molecule has 0 aromatic heterocycles. The molecule has 0 amide bonds. The number of hydrogen-bond acceptors (Lipinski definition) is 4. The summed E-state index contributed by atoms with van der Waals surface area (Å²) in [5.74, 6) is 1.50. The Hall–Kier alpha value is -2.60. The smallest absolute Gasteiger partial charge is 0.191 e. The molecule has 0 unspecified atom stereocenters. The van der Waals surface area contributed by atoms with Crippen LogP contribution >= 0.6 is 12.2 Å². The van der Waals surface area contributed by atoms with Gasteiger partial charge in [-0.05, 0) is 43.4 Å². The molecule has 0 aliphatic rings. The number of thiocarbonyl (C=S) groups is 1. The lowest BCUT2D eigenvalue weighted by Gasteiger charge is -2.11. The van der Waals surface area contributed by atoms with E-state index in [1.54, 1.807) is 14.2 Å². The summed E-state index contributed by atoms with van der Waals surface area (Å²) < 4.78 is 10.5. The normalized spacial score (nSPS) is 10.8. The Balaban J connectivity index is 2.02. The van der Waals surface area contributed by atoms with Crippen LogP contribution in [0.25, 0.3) is 0 Å². The number of rotatable bonds is 5. The molecule has 0 saturated carbocycles. The van der Waals surface area contributed by atoms with E-state index in [0.717, 1.165) is 22.7 Å². The molecule has 0 fully saturated rings. The van der Waals surface area contributed by atoms with Gasteiger partial charge in [0.15, 0.2) is 5.11 Å². The summed E-state index contributed by atoms with van der Waals surface area (Å²) in [6.45, 7) is 1.90. The van der Waals surface area contributed by atoms with Crippen molar-refractivity contribution >= 4 is 28.7 Å². The monoisotopic (exact) mass is 329 g/mol. The third kappa shape index (κ3) is 4.69. The Morgan fingerprint density at radius 1 is 1.04 bits per heavy atom. The van der Waals surface area contributed by atoms with Crippen LogP contribution in [0.2, 0.25) is 0 Å². The molecule has 2 aromatic rings. The second-order valence-electron chi connectivity index (χ2n) is 4.70. The Morgan fingerprint density at radius 2 is 1.83 bits per heavy atom. The maximum Gasteiger partial charge on any atom is 0.191 e. The molecule has 0 saturated heterocycles. The second kappa shape index (κ2) is 8.14. The standard InChI is InChI=1S/C17H19N3O2S/c1-12(13-7-6-8-14(11-13)21-2)19-20-17(23)18-15-9-4-5-10-16(15)22-3/h4-11H,1-3H3,(H2,18,20,23)/b19-12-. The number of nitrogens with zero attached hydrogens (tertiary/aromatic N) is 1. The zero-order chi connectivity index (χ0) is 16.7. The van der Waals surface area contributed by atoms with E-state index in [2.05, 4.69) is 15.8 Å². The average molecular weight is 329 g/mol. The fourth-order valence-electron chi connectivity index (χ4n) is 1.95. The molecule has 6 heteroatoms. The summed E-state index contributed by atoms with van der Waals surface area (Å²) in [6, 6.07) is 15.2. The topological polar surface area (TPSA) is 54.9 Å². The summed E-state index contributed by atoms with van der Waals surface area (Å²) in [4.78, 5) is 0. The molecule has 0 spiro atoms. The van der Waals surface area contributed by atoms with E-state index in [9.17, 15) is 0 Å². The minimum atomic E-state index is 0.386. The molecule has 2 N–H and O–H groups in total. The number of methoxy groups -OCH3 is 2. The van der Waals surface area contributed by atoms with Crippen molar-refractivity contribution in [1.29, 1.82) is 0 Å². The summed E-state index contributed by atoms with van der Waals surface area (Å²) in [7, 11) is 3.25. The molecule has 0 bridgehead atoms. The lowest BCUT2D eigenvalue weighted by atomic mass is 10.1. The van der Waals surface area contributed by atoms with Crippen molar-refractivity contribution in [3.63, 3.8) is 0 Å². The molecule has 0 heterocycles. The van der Waals surface area contributed by atoms with Crippen LogP contribution in [0.3, 0.4) is 0 Å². The number of hydrazone groups is 1. The van der Waals surface area contributed by atoms with E-state index in [0.29, 0.717) is 10.9 Å². The fraction of sp³-hybridized carbons (Fsp3) is 0.176. The third-order valence-corrected chi connectivity index (χ3v) is 3.36. The Morgan fingerprint density at radius 3 is 2.57 bits per heavy atom. The Bertz CT molecular complexity index is 716. The molecule has 120 valence electrons. The number of anilines is 1. The highest BCUT2D eigenvalue weighted by molar-refractivity contribution is 7.80. The molecular formula is C17H19N3O2S. The largest absolute Gasteiger partial charge is 0.497 e. The van der Waals surface area contributed by atoms with E-state index in [4.69, 9.17) is 21.7 Å². The fourth-order valence-corrected chi connectivity index (χ4v) is 2.10. The van der Waals surface area contributed by atoms with E-state index < -0.39 is 0 Å². The number of hydrogen-bond donors (Lipinski definition) is 2. The van der Waals surface area contributed by atoms with E-state index in [1.165, 1.54) is 0 Å². The van der Waals surface area contributed by atoms with Gasteiger partial charge in [0.1, 0.15) is 11.5 Å². The Labute approximate surface area is 141 Å². The van der Waals surface area contributed by atoms with Gasteiger partial charge >= 0.3 is 0 Å². The SMILES string of the molecule is COc1cccc(/C(C)=N\NC(=S)Nc2ccccc2OC)c1. The minimum Gasteiger partial charge on any atom is -0.497 e. The van der Waals surface area contributed by atoms with Crippen LogP contribution in [0.1, 0.15) is 12.5 Å². The lowest BCUT2D eigenvalue weighted by molar-refractivity contribution is 0.414. The van der Waals surface area contributed by atoms with Gasteiger partial charge < -0.3 is 14.8 Å². The summed E-state index contributed by atoms with van der Waals surface area (Å²) in [5.41, 5.74) is 5.36. The van der Waals surface area contributed by atoms with Gasteiger partial charge in [-0.25, -0.2) is 0 Å². The maximum atomic E-state index is 5.27. The van der Waals surface area contributed by atoms with Crippen molar-refractivity contribution in [3.8, 4) is 11.5 Å². The summed E-state index contributed by atoms with van der Waals surface area (Å²) in [5, 5.41) is 7.73. The van der Waals surface area contributed by atoms with Gasteiger partial charge in [-0.1, -0.05) is 24.3 Å². The van der Waals surface area contributed by atoms with Gasteiger partial charge in [0, 0.05) is 5.56 Å². The molecule has 23 heavy (non-hydrogen) atoms. The van der Waals surface area contributed by atoms with Crippen LogP contribution < -0.4 is 20.2 Å². The molecule has 0 radical (unpaired) electrons. The quantitative estimate of drug-likeness (QED) is 0.500. The van der Waals surface area contributed by atoms with Gasteiger partial charge in [-0.15, -0.1) is 0 Å². The zero-order valence-corrected chi connectivity index (χ0v) is 14.1. The first kappa shape index (κ1) is 16.8. The molecule has 2 rings (SSSR count). The van der Waals surface area contributed by atoms with Gasteiger partial charge in [-0.2, -0.15) is 5.10 Å². The Kier molecular flexibility index (Phi) is 5.94. The molecular weight excluding hydrogens is 310 g/mol. The first-order valence-corrected chi connectivity index (χ1v) is 7.43. The van der Waals surface area contributed by atoms with Crippen molar-refractivity contribution in [2.24, 2.45) is 5.10 Å². The van der Waals surface area contributed by atoms with Crippen molar-refractivity contribution in [3.05, 3.63) is 54.1 Å². The molecule has 2 aromatic carbocycles. The van der Waals surface area contributed by atoms with E-state index in [1.807, 2.05) is 55.5 Å². The number of ether oxygens (including phenoxy) is 2. The van der Waals surface area contributed by atoms with Crippen molar-refractivity contribution < 1.29 is 9.47 Å². The summed E-state index contributed by atoms with van der Waals surface area (Å²) >= 11 is 5.25. The van der Waals surface area contributed by atoms with E-state index >= 15 is 0 Å². The molecule has 5 nitrogen and oxygen atoms in total. The van der Waals surface area contributed by atoms with Crippen molar-refractivity contribution in [1.82, 2.24) is 5.43 Å².